The third-order valence-corrected chi connectivity index (χ3v) is 4.14. The first-order valence-corrected chi connectivity index (χ1v) is 8.87. The number of benzene rings is 2. The maximum absolute atomic E-state index is 5.90. The van der Waals surface area contributed by atoms with Crippen LogP contribution < -0.4 is 20.1 Å². The van der Waals surface area contributed by atoms with E-state index in [0.29, 0.717) is 24.6 Å². The van der Waals surface area contributed by atoms with E-state index in [4.69, 9.17) is 14.2 Å². The van der Waals surface area contributed by atoms with Gasteiger partial charge in [-0.3, -0.25) is 4.99 Å². The number of rotatable bonds is 8. The summed E-state index contributed by atoms with van der Waals surface area (Å²) in [6, 6.07) is 15.5. The molecule has 0 saturated heterocycles. The highest BCUT2D eigenvalue weighted by molar-refractivity contribution is 14.0. The molecule has 2 aromatic rings. The molecule has 2 N–H and O–H groups in total. The number of aliphatic imine (C=N–C) groups is 1. The average molecular weight is 499 g/mol. The van der Waals surface area contributed by atoms with Crippen molar-refractivity contribution in [2.75, 3.05) is 27.8 Å². The topological polar surface area (TPSA) is 64.1 Å². The van der Waals surface area contributed by atoms with Crippen LogP contribution in [0, 0.1) is 0 Å². The Balaban J connectivity index is 0.00000392. The van der Waals surface area contributed by atoms with Crippen molar-refractivity contribution in [1.29, 1.82) is 0 Å². The molecule has 0 aliphatic heterocycles. The molecule has 0 spiro atoms. The molecule has 6 nitrogen and oxygen atoms in total. The maximum Gasteiger partial charge on any atom is 0.191 e. The summed E-state index contributed by atoms with van der Waals surface area (Å²) in [7, 11) is 5.08. The summed E-state index contributed by atoms with van der Waals surface area (Å²) < 4.78 is 16.6. The van der Waals surface area contributed by atoms with E-state index in [1.54, 1.807) is 21.3 Å². The molecule has 2 aromatic carbocycles. The lowest BCUT2D eigenvalue weighted by Crippen LogP contribution is -2.45. The first-order valence-electron chi connectivity index (χ1n) is 8.87. The van der Waals surface area contributed by atoms with E-state index in [2.05, 4.69) is 15.6 Å². The third-order valence-electron chi connectivity index (χ3n) is 4.14. The Morgan fingerprint density at radius 2 is 1.61 bits per heavy atom. The zero-order valence-corrected chi connectivity index (χ0v) is 19.4. The second-order valence-electron chi connectivity index (χ2n) is 6.64. The van der Waals surface area contributed by atoms with Gasteiger partial charge >= 0.3 is 0 Å². The first-order chi connectivity index (χ1) is 13.0. The van der Waals surface area contributed by atoms with Gasteiger partial charge in [-0.05, 0) is 43.7 Å². The van der Waals surface area contributed by atoms with E-state index >= 15 is 0 Å². The van der Waals surface area contributed by atoms with Crippen molar-refractivity contribution in [3.63, 3.8) is 0 Å². The van der Waals surface area contributed by atoms with Gasteiger partial charge in [0.2, 0.25) is 0 Å². The standard InChI is InChI=1S/C21H29N3O3.HI/c1-21(2,26-5)15-24-20(22-3)23-14-16-10-12-17(13-11-16)27-19-9-7-6-8-18(19)25-4;/h6-13H,14-15H2,1-5H3,(H2,22,23,24);1H. The number of nitrogens with zero attached hydrogens (tertiary/aromatic N) is 1. The highest BCUT2D eigenvalue weighted by Gasteiger charge is 2.16. The molecule has 0 amide bonds. The van der Waals surface area contributed by atoms with Crippen LogP contribution in [0.4, 0.5) is 0 Å². The van der Waals surface area contributed by atoms with Gasteiger partial charge in [0.05, 0.1) is 12.7 Å². The van der Waals surface area contributed by atoms with Crippen molar-refractivity contribution < 1.29 is 14.2 Å². The van der Waals surface area contributed by atoms with Crippen molar-refractivity contribution in [2.45, 2.75) is 26.0 Å². The zero-order chi connectivity index (χ0) is 19.7. The van der Waals surface area contributed by atoms with E-state index < -0.39 is 0 Å². The lowest BCUT2D eigenvalue weighted by Gasteiger charge is -2.24. The Hall–Kier alpha value is -2.00. The van der Waals surface area contributed by atoms with Crippen LogP contribution >= 0.6 is 24.0 Å². The third kappa shape index (κ3) is 7.55. The number of guanidine groups is 1. The minimum absolute atomic E-state index is 0. The minimum Gasteiger partial charge on any atom is -0.493 e. The number of ether oxygens (including phenoxy) is 3. The molecule has 2 rings (SSSR count). The number of nitrogens with one attached hydrogen (secondary N) is 2. The number of halogens is 1. The molecular weight excluding hydrogens is 469 g/mol. The van der Waals surface area contributed by atoms with Crippen molar-refractivity contribution in [1.82, 2.24) is 10.6 Å². The van der Waals surface area contributed by atoms with Crippen molar-refractivity contribution in [3.05, 3.63) is 54.1 Å². The normalized spacial score (nSPS) is 11.4. The van der Waals surface area contributed by atoms with Crippen LogP contribution in [-0.4, -0.2) is 39.4 Å². The molecule has 0 heterocycles. The van der Waals surface area contributed by atoms with Crippen LogP contribution in [0.15, 0.2) is 53.5 Å². The molecule has 7 heteroatoms. The van der Waals surface area contributed by atoms with Gasteiger partial charge in [-0.2, -0.15) is 0 Å². The summed E-state index contributed by atoms with van der Waals surface area (Å²) in [6.07, 6.45) is 0. The maximum atomic E-state index is 5.90. The predicted octanol–water partition coefficient (Wildman–Crippen LogP) is 4.20. The lowest BCUT2D eigenvalue weighted by molar-refractivity contribution is 0.0268. The van der Waals surface area contributed by atoms with Gasteiger partial charge in [0.25, 0.3) is 0 Å². The molecule has 0 unspecified atom stereocenters. The molecule has 28 heavy (non-hydrogen) atoms. The predicted molar refractivity (Wildman–Crippen MR) is 124 cm³/mol. The largest absolute Gasteiger partial charge is 0.493 e. The Labute approximate surface area is 184 Å². The van der Waals surface area contributed by atoms with Crippen LogP contribution in [0.1, 0.15) is 19.4 Å². The zero-order valence-electron chi connectivity index (χ0n) is 17.1. The van der Waals surface area contributed by atoms with Crippen LogP contribution in [0.5, 0.6) is 17.2 Å². The molecule has 0 aromatic heterocycles. The molecule has 0 atom stereocenters. The molecule has 0 radical (unpaired) electrons. The summed E-state index contributed by atoms with van der Waals surface area (Å²) in [5.41, 5.74) is 0.867. The summed E-state index contributed by atoms with van der Waals surface area (Å²) in [5, 5.41) is 6.56. The second kappa shape index (κ2) is 11.8. The highest BCUT2D eigenvalue weighted by Crippen LogP contribution is 2.30. The number of hydrogen-bond donors (Lipinski definition) is 2. The smallest absolute Gasteiger partial charge is 0.191 e. The average Bonchev–Trinajstić information content (AvgIpc) is 2.69. The fraction of sp³-hybridized carbons (Fsp3) is 0.381. The quantitative estimate of drug-likeness (QED) is 0.324. The Morgan fingerprint density at radius 3 is 2.18 bits per heavy atom. The van der Waals surface area contributed by atoms with Gasteiger partial charge in [0.1, 0.15) is 5.75 Å². The fourth-order valence-corrected chi connectivity index (χ4v) is 2.28. The van der Waals surface area contributed by atoms with E-state index in [1.807, 2.05) is 62.4 Å². The van der Waals surface area contributed by atoms with Crippen LogP contribution in [-0.2, 0) is 11.3 Å². The van der Waals surface area contributed by atoms with Gasteiger partial charge in [0.15, 0.2) is 17.5 Å². The van der Waals surface area contributed by atoms with Crippen LogP contribution in [0.2, 0.25) is 0 Å². The highest BCUT2D eigenvalue weighted by atomic mass is 127. The van der Waals surface area contributed by atoms with E-state index in [0.717, 1.165) is 17.3 Å². The van der Waals surface area contributed by atoms with Crippen molar-refractivity contribution >= 4 is 29.9 Å². The Bertz CT molecular complexity index is 749. The van der Waals surface area contributed by atoms with Gasteiger partial charge in [-0.25, -0.2) is 0 Å². The first kappa shape index (κ1) is 24.0. The molecule has 0 fully saturated rings. The Kier molecular flexibility index (Phi) is 10.1. The monoisotopic (exact) mass is 499 g/mol. The molecule has 0 aliphatic carbocycles. The molecule has 0 aliphatic rings. The van der Waals surface area contributed by atoms with E-state index in [9.17, 15) is 0 Å². The SMILES string of the molecule is CN=C(NCc1ccc(Oc2ccccc2OC)cc1)NCC(C)(C)OC.I. The number of para-hydroxylation sites is 2. The van der Waals surface area contributed by atoms with Gasteiger partial charge in [0, 0.05) is 27.2 Å². The summed E-state index contributed by atoms with van der Waals surface area (Å²) >= 11 is 0. The molecule has 154 valence electrons. The summed E-state index contributed by atoms with van der Waals surface area (Å²) in [6.45, 7) is 5.36. The summed E-state index contributed by atoms with van der Waals surface area (Å²) in [4.78, 5) is 4.23. The number of methoxy groups -OCH3 is 2. The van der Waals surface area contributed by atoms with Gasteiger partial charge in [-0.1, -0.05) is 24.3 Å². The van der Waals surface area contributed by atoms with Gasteiger partial charge in [-0.15, -0.1) is 24.0 Å². The van der Waals surface area contributed by atoms with Crippen molar-refractivity contribution in [3.8, 4) is 17.2 Å². The molecular formula is C21H30IN3O3. The van der Waals surface area contributed by atoms with Crippen LogP contribution in [0.3, 0.4) is 0 Å². The van der Waals surface area contributed by atoms with Crippen LogP contribution in [0.25, 0.3) is 0 Å². The van der Waals surface area contributed by atoms with Crippen molar-refractivity contribution in [2.24, 2.45) is 4.99 Å². The lowest BCUT2D eigenvalue weighted by atomic mass is 10.1. The van der Waals surface area contributed by atoms with E-state index in [1.165, 1.54) is 0 Å². The Morgan fingerprint density at radius 1 is 0.964 bits per heavy atom. The fourth-order valence-electron chi connectivity index (χ4n) is 2.28. The summed E-state index contributed by atoms with van der Waals surface area (Å²) in [5.74, 6) is 2.88. The second-order valence-corrected chi connectivity index (χ2v) is 6.64. The number of hydrogen-bond acceptors (Lipinski definition) is 4. The van der Waals surface area contributed by atoms with E-state index in [-0.39, 0.29) is 29.6 Å². The molecule has 0 saturated carbocycles. The minimum atomic E-state index is -0.255. The van der Waals surface area contributed by atoms with Gasteiger partial charge < -0.3 is 24.8 Å². The molecule has 0 bridgehead atoms.